The molecular formula is C6H19NO4Si2. The summed E-state index contributed by atoms with van der Waals surface area (Å²) in [4.78, 5) is 5.23. The number of hydrogen-bond acceptors (Lipinski definition) is 5. The summed E-state index contributed by atoms with van der Waals surface area (Å²) in [6, 6.07) is 0. The summed E-state index contributed by atoms with van der Waals surface area (Å²) >= 11 is 0. The lowest BCUT2D eigenvalue weighted by atomic mass is 11.7. The molecule has 0 saturated heterocycles. The second-order valence-electron chi connectivity index (χ2n) is 2.94. The first kappa shape index (κ1) is 13.2. The minimum absolute atomic E-state index is 1.60. The molecule has 0 unspecified atom stereocenters. The molecule has 0 aliphatic carbocycles. The second kappa shape index (κ2) is 5.86. The van der Waals surface area contributed by atoms with Gasteiger partial charge in [0.25, 0.3) is 8.48 Å². The van der Waals surface area contributed by atoms with Crippen LogP contribution in [-0.4, -0.2) is 50.8 Å². The average molecular weight is 225 g/mol. The molecule has 0 N–H and O–H groups in total. The van der Waals surface area contributed by atoms with E-state index in [0.717, 1.165) is 0 Å². The molecule has 0 aromatic carbocycles. The third kappa shape index (κ3) is 3.46. The van der Waals surface area contributed by atoms with E-state index in [1.807, 2.05) is 13.1 Å². The van der Waals surface area contributed by atoms with Gasteiger partial charge in [-0.25, -0.2) is 0 Å². The van der Waals surface area contributed by atoms with Crippen LogP contribution in [0.2, 0.25) is 13.1 Å². The number of nitrogens with zero attached hydrogens (tertiary/aromatic N) is 1. The van der Waals surface area contributed by atoms with Gasteiger partial charge in [-0.3, -0.25) is 0 Å². The Bertz CT molecular complexity index is 143. The molecule has 5 nitrogen and oxygen atoms in total. The van der Waals surface area contributed by atoms with Crippen molar-refractivity contribution in [3.63, 3.8) is 0 Å². The Morgan fingerprint density at radius 1 is 1.00 bits per heavy atom. The smallest absolute Gasteiger partial charge is 0.406 e. The third-order valence-corrected chi connectivity index (χ3v) is 7.96. The minimum atomic E-state index is -1.99. The highest BCUT2D eigenvalue weighted by Crippen LogP contribution is 2.13. The van der Waals surface area contributed by atoms with Gasteiger partial charge in [0.05, 0.1) is 7.11 Å². The molecular weight excluding hydrogens is 206 g/mol. The lowest BCUT2D eigenvalue weighted by Crippen LogP contribution is -2.58. The number of rotatable bonds is 6. The highest BCUT2D eigenvalue weighted by atomic mass is 28.4. The van der Waals surface area contributed by atoms with Crippen molar-refractivity contribution in [1.82, 2.24) is 4.39 Å². The van der Waals surface area contributed by atoms with E-state index in [0.29, 0.717) is 0 Å². The van der Waals surface area contributed by atoms with Gasteiger partial charge in [-0.2, -0.15) is 4.39 Å². The van der Waals surface area contributed by atoms with Gasteiger partial charge < -0.3 is 18.1 Å². The predicted octanol–water partition coefficient (Wildman–Crippen LogP) is 0.208. The fourth-order valence-electron chi connectivity index (χ4n) is 0.937. The van der Waals surface area contributed by atoms with Crippen molar-refractivity contribution < 1.29 is 18.1 Å². The van der Waals surface area contributed by atoms with Crippen molar-refractivity contribution in [2.24, 2.45) is 0 Å². The molecule has 0 rings (SSSR count). The van der Waals surface area contributed by atoms with Crippen molar-refractivity contribution in [3.8, 4) is 0 Å². The summed E-state index contributed by atoms with van der Waals surface area (Å²) in [5, 5.41) is 0. The predicted molar refractivity (Wildman–Crippen MR) is 54.5 cm³/mol. The first-order valence-corrected chi connectivity index (χ1v) is 8.29. The van der Waals surface area contributed by atoms with Gasteiger partial charge in [-0.1, -0.05) is 0 Å². The van der Waals surface area contributed by atoms with E-state index in [4.69, 9.17) is 18.1 Å². The zero-order valence-electron chi connectivity index (χ0n) is 9.16. The van der Waals surface area contributed by atoms with Crippen molar-refractivity contribution in [2.75, 3.05) is 28.4 Å². The highest BCUT2D eigenvalue weighted by molar-refractivity contribution is 6.75. The standard InChI is InChI=1S/C6H19NO4Si2/c1-8-7(12(9-2)10-3)13(5,6)11-4/h12H,1-6H3. The first-order valence-electron chi connectivity index (χ1n) is 3.97. The Morgan fingerprint density at radius 3 is 1.69 bits per heavy atom. The van der Waals surface area contributed by atoms with E-state index >= 15 is 0 Å². The van der Waals surface area contributed by atoms with Crippen molar-refractivity contribution in [1.29, 1.82) is 0 Å². The SMILES string of the molecule is CON([SiH](OC)OC)[Si](C)(C)OC. The van der Waals surface area contributed by atoms with E-state index in [2.05, 4.69) is 0 Å². The second-order valence-corrected chi connectivity index (χ2v) is 9.22. The molecule has 0 aliphatic rings. The molecule has 0 spiro atoms. The Labute approximate surface area is 82.6 Å². The van der Waals surface area contributed by atoms with Crippen LogP contribution in [0.15, 0.2) is 0 Å². The molecule has 0 amide bonds. The van der Waals surface area contributed by atoms with Crippen molar-refractivity contribution in [2.45, 2.75) is 13.1 Å². The molecule has 0 fully saturated rings. The molecule has 0 bridgehead atoms. The summed E-state index contributed by atoms with van der Waals surface area (Å²) < 4.78 is 17.6. The normalized spacial score (nSPS) is 12.9. The zero-order valence-corrected chi connectivity index (χ0v) is 11.3. The van der Waals surface area contributed by atoms with Crippen LogP contribution >= 0.6 is 0 Å². The lowest BCUT2D eigenvalue weighted by Gasteiger charge is -2.35. The zero-order chi connectivity index (χ0) is 10.5. The molecule has 80 valence electrons. The van der Waals surface area contributed by atoms with Crippen LogP contribution < -0.4 is 0 Å². The van der Waals surface area contributed by atoms with Gasteiger partial charge in [-0.05, 0) is 13.1 Å². The topological polar surface area (TPSA) is 40.2 Å². The quantitative estimate of drug-likeness (QED) is 0.477. The summed E-state index contributed by atoms with van der Waals surface area (Å²) in [5.74, 6) is 0. The van der Waals surface area contributed by atoms with E-state index in [-0.39, 0.29) is 0 Å². The van der Waals surface area contributed by atoms with E-state index in [1.54, 1.807) is 32.8 Å². The van der Waals surface area contributed by atoms with Crippen LogP contribution in [0.1, 0.15) is 0 Å². The van der Waals surface area contributed by atoms with Gasteiger partial charge in [0.2, 0.25) is 0 Å². The molecule has 0 aromatic heterocycles. The van der Waals surface area contributed by atoms with Gasteiger partial charge >= 0.3 is 9.45 Å². The molecule has 13 heavy (non-hydrogen) atoms. The van der Waals surface area contributed by atoms with Gasteiger partial charge in [0.1, 0.15) is 0 Å². The molecule has 0 heterocycles. The first-order chi connectivity index (χ1) is 6.03. The molecule has 0 atom stereocenters. The van der Waals surface area contributed by atoms with Crippen LogP contribution in [0.3, 0.4) is 0 Å². The maximum Gasteiger partial charge on any atom is 0.429 e. The Morgan fingerprint density at radius 2 is 1.46 bits per heavy atom. The summed E-state index contributed by atoms with van der Waals surface area (Å²) in [6.07, 6.45) is 0. The van der Waals surface area contributed by atoms with E-state index in [9.17, 15) is 0 Å². The fourth-order valence-corrected chi connectivity index (χ4v) is 5.28. The Balaban J connectivity index is 4.46. The highest BCUT2D eigenvalue weighted by Gasteiger charge is 2.39. The van der Waals surface area contributed by atoms with Crippen LogP contribution in [0.4, 0.5) is 0 Å². The van der Waals surface area contributed by atoms with Gasteiger partial charge in [-0.15, -0.1) is 0 Å². The van der Waals surface area contributed by atoms with Crippen LogP contribution in [0.25, 0.3) is 0 Å². The largest absolute Gasteiger partial charge is 0.429 e. The fraction of sp³-hybridized carbons (Fsp3) is 1.00. The molecule has 0 aliphatic heterocycles. The minimum Gasteiger partial charge on any atom is -0.406 e. The van der Waals surface area contributed by atoms with Crippen molar-refractivity contribution in [3.05, 3.63) is 0 Å². The van der Waals surface area contributed by atoms with Gasteiger partial charge in [0, 0.05) is 21.3 Å². The van der Waals surface area contributed by atoms with Crippen LogP contribution in [0.5, 0.6) is 0 Å². The molecule has 7 heteroatoms. The van der Waals surface area contributed by atoms with E-state index < -0.39 is 17.9 Å². The van der Waals surface area contributed by atoms with Crippen LogP contribution in [0, 0.1) is 0 Å². The molecule has 0 aromatic rings. The third-order valence-electron chi connectivity index (χ3n) is 1.82. The molecule has 0 radical (unpaired) electrons. The monoisotopic (exact) mass is 225 g/mol. The van der Waals surface area contributed by atoms with Crippen LogP contribution in [-0.2, 0) is 18.1 Å². The lowest BCUT2D eigenvalue weighted by molar-refractivity contribution is -0.0406. The Hall–Kier alpha value is 0.234. The number of hydrogen-bond donors (Lipinski definition) is 0. The molecule has 0 saturated carbocycles. The average Bonchev–Trinajstić information content (AvgIpc) is 2.13. The Kier molecular flexibility index (Phi) is 5.96. The summed E-state index contributed by atoms with van der Waals surface area (Å²) in [7, 11) is 2.62. The summed E-state index contributed by atoms with van der Waals surface area (Å²) in [5.41, 5.74) is 0. The van der Waals surface area contributed by atoms with Gasteiger partial charge in [0.15, 0.2) is 0 Å². The maximum atomic E-state index is 5.39. The van der Waals surface area contributed by atoms with Crippen molar-refractivity contribution >= 4 is 17.9 Å². The van der Waals surface area contributed by atoms with E-state index in [1.165, 1.54) is 0 Å². The maximum absolute atomic E-state index is 5.39. The summed E-state index contributed by atoms with van der Waals surface area (Å²) in [6.45, 7) is 4.04.